The molecule has 1 saturated heterocycles. The van der Waals surface area contributed by atoms with Gasteiger partial charge in [-0.25, -0.2) is 4.39 Å². The first kappa shape index (κ1) is 22.9. The molecule has 2 aliphatic heterocycles. The Balaban J connectivity index is 1.55. The molecule has 0 radical (unpaired) electrons. The first-order valence-corrected chi connectivity index (χ1v) is 10.9. The molecule has 0 unspecified atom stereocenters. The number of para-hydroxylation sites is 1. The average molecular weight is 454 g/mol. The topological polar surface area (TPSA) is 76.2 Å². The van der Waals surface area contributed by atoms with Gasteiger partial charge in [-0.1, -0.05) is 36.4 Å². The van der Waals surface area contributed by atoms with E-state index in [-0.39, 0.29) is 43.6 Å². The Kier molecular flexibility index (Phi) is 6.47. The third-order valence-electron chi connectivity index (χ3n) is 6.39. The van der Waals surface area contributed by atoms with Gasteiger partial charge in [-0.2, -0.15) is 0 Å². The molecule has 8 heteroatoms. The Bertz CT molecular complexity index is 1050. The number of likely N-dealkylation sites (N-methyl/N-ethyl adjacent to an activating group) is 1. The normalized spacial score (nSPS) is 21.8. The molecule has 7 nitrogen and oxygen atoms in total. The van der Waals surface area contributed by atoms with Gasteiger partial charge in [-0.15, -0.1) is 0 Å². The number of carbonyl (C=O) groups is 3. The summed E-state index contributed by atoms with van der Waals surface area (Å²) in [5.74, 6) is -1.17. The van der Waals surface area contributed by atoms with E-state index in [0.29, 0.717) is 13.0 Å². The zero-order valence-electron chi connectivity index (χ0n) is 18.8. The quantitative estimate of drug-likeness (QED) is 0.573. The highest BCUT2D eigenvalue weighted by Gasteiger charge is 2.55. The van der Waals surface area contributed by atoms with Gasteiger partial charge in [0, 0.05) is 39.0 Å². The van der Waals surface area contributed by atoms with Crippen molar-refractivity contribution in [3.05, 3.63) is 65.5 Å². The van der Waals surface area contributed by atoms with E-state index in [1.165, 1.54) is 30.2 Å². The monoisotopic (exact) mass is 454 g/mol. The molecule has 2 heterocycles. The van der Waals surface area contributed by atoms with E-state index < -0.39 is 23.0 Å². The fraction of sp³-hybridized carbons (Fsp3) is 0.400. The van der Waals surface area contributed by atoms with Crippen LogP contribution in [0.25, 0.3) is 0 Å². The Labute approximate surface area is 192 Å². The van der Waals surface area contributed by atoms with Crippen LogP contribution in [0, 0.1) is 5.82 Å². The molecular formula is C25H27FN2O5. The molecule has 0 bridgehead atoms. The number of ether oxygens (including phenoxy) is 2. The number of hydrogen-bond acceptors (Lipinski definition) is 5. The summed E-state index contributed by atoms with van der Waals surface area (Å²) in [5, 5.41) is 0. The molecule has 2 aliphatic rings. The van der Waals surface area contributed by atoms with Crippen LogP contribution < -0.4 is 4.74 Å². The van der Waals surface area contributed by atoms with Crippen molar-refractivity contribution in [3.8, 4) is 5.75 Å². The van der Waals surface area contributed by atoms with Crippen LogP contribution in [0.4, 0.5) is 4.39 Å². The van der Waals surface area contributed by atoms with E-state index in [0.717, 1.165) is 16.2 Å². The van der Waals surface area contributed by atoms with E-state index >= 15 is 0 Å². The minimum Gasteiger partial charge on any atom is -0.488 e. The molecule has 0 spiro atoms. The molecule has 2 atom stereocenters. The lowest BCUT2D eigenvalue weighted by Gasteiger charge is -2.30. The SMILES string of the molecule is COCCN1C(=O)C[C@](CC(=O)N(C)C[C@@H]2Cc3ccccc3O2)(c2ccccc2F)C1=O. The van der Waals surface area contributed by atoms with Crippen molar-refractivity contribution in [1.29, 1.82) is 0 Å². The fourth-order valence-electron chi connectivity index (χ4n) is 4.66. The van der Waals surface area contributed by atoms with Gasteiger partial charge >= 0.3 is 0 Å². The summed E-state index contributed by atoms with van der Waals surface area (Å²) in [7, 11) is 3.10. The van der Waals surface area contributed by atoms with Crippen molar-refractivity contribution in [2.75, 3.05) is 33.9 Å². The smallest absolute Gasteiger partial charge is 0.241 e. The van der Waals surface area contributed by atoms with Gasteiger partial charge in [0.25, 0.3) is 0 Å². The van der Waals surface area contributed by atoms with Crippen LogP contribution in [0.3, 0.4) is 0 Å². The van der Waals surface area contributed by atoms with Gasteiger partial charge in [-0.3, -0.25) is 19.3 Å². The predicted octanol–water partition coefficient (Wildman–Crippen LogP) is 2.32. The van der Waals surface area contributed by atoms with Crippen molar-refractivity contribution in [2.45, 2.75) is 30.8 Å². The number of likely N-dealkylation sites (tertiary alicyclic amines) is 1. The van der Waals surface area contributed by atoms with Crippen LogP contribution in [0.1, 0.15) is 24.0 Å². The Morgan fingerprint density at radius 2 is 1.94 bits per heavy atom. The number of imide groups is 1. The molecule has 33 heavy (non-hydrogen) atoms. The predicted molar refractivity (Wildman–Crippen MR) is 118 cm³/mol. The summed E-state index contributed by atoms with van der Waals surface area (Å²) < 4.78 is 25.8. The van der Waals surface area contributed by atoms with Crippen LogP contribution in [0.2, 0.25) is 0 Å². The molecule has 2 aromatic rings. The minimum atomic E-state index is -1.58. The highest BCUT2D eigenvalue weighted by atomic mass is 19.1. The Morgan fingerprint density at radius 1 is 1.21 bits per heavy atom. The number of nitrogens with zero attached hydrogens (tertiary/aromatic N) is 2. The molecule has 3 amide bonds. The lowest BCUT2D eigenvalue weighted by Crippen LogP contribution is -2.45. The molecule has 174 valence electrons. The van der Waals surface area contributed by atoms with Crippen molar-refractivity contribution in [1.82, 2.24) is 9.80 Å². The van der Waals surface area contributed by atoms with Gasteiger partial charge in [0.1, 0.15) is 17.7 Å². The lowest BCUT2D eigenvalue weighted by molar-refractivity contribution is -0.143. The van der Waals surface area contributed by atoms with E-state index in [4.69, 9.17) is 9.47 Å². The molecular weight excluding hydrogens is 427 g/mol. The molecule has 2 aromatic carbocycles. The van der Waals surface area contributed by atoms with E-state index in [2.05, 4.69) is 0 Å². The number of carbonyl (C=O) groups excluding carboxylic acids is 3. The van der Waals surface area contributed by atoms with E-state index in [1.807, 2.05) is 24.3 Å². The van der Waals surface area contributed by atoms with Gasteiger partial charge in [-0.05, 0) is 17.7 Å². The average Bonchev–Trinajstić information content (AvgIpc) is 3.30. The minimum absolute atomic E-state index is 0.0581. The van der Waals surface area contributed by atoms with Crippen LogP contribution in [-0.4, -0.2) is 67.5 Å². The van der Waals surface area contributed by atoms with Gasteiger partial charge in [0.2, 0.25) is 17.7 Å². The standard InChI is InChI=1S/C25H27FN2O5/c1-27(16-18-13-17-7-3-6-10-21(17)33-18)22(29)14-25(19-8-4-5-9-20(19)26)15-23(30)28(24(25)31)11-12-32-2/h3-10,18H,11-16H2,1-2H3/t18-,25+/m0/s1. The lowest BCUT2D eigenvalue weighted by atomic mass is 9.75. The molecule has 1 fully saturated rings. The molecule has 0 aliphatic carbocycles. The third-order valence-corrected chi connectivity index (χ3v) is 6.39. The Hall–Kier alpha value is -3.26. The zero-order chi connectivity index (χ0) is 23.6. The summed E-state index contributed by atoms with van der Waals surface area (Å²) in [6, 6.07) is 13.5. The van der Waals surface area contributed by atoms with Crippen LogP contribution in [0.15, 0.2) is 48.5 Å². The maximum absolute atomic E-state index is 14.8. The molecule has 0 saturated carbocycles. The molecule has 0 N–H and O–H groups in total. The second kappa shape index (κ2) is 9.31. The summed E-state index contributed by atoms with van der Waals surface area (Å²) >= 11 is 0. The number of methoxy groups -OCH3 is 1. The van der Waals surface area contributed by atoms with Crippen molar-refractivity contribution in [2.24, 2.45) is 0 Å². The summed E-state index contributed by atoms with van der Waals surface area (Å²) in [6.07, 6.45) is -0.103. The third kappa shape index (κ3) is 4.35. The van der Waals surface area contributed by atoms with Gasteiger partial charge in [0.05, 0.1) is 25.1 Å². The highest BCUT2D eigenvalue weighted by Crippen LogP contribution is 2.41. The second-order valence-electron chi connectivity index (χ2n) is 8.58. The number of halogens is 1. The van der Waals surface area contributed by atoms with Crippen molar-refractivity contribution in [3.63, 3.8) is 0 Å². The number of rotatable bonds is 8. The summed E-state index contributed by atoms with van der Waals surface area (Å²) in [6.45, 7) is 0.539. The van der Waals surface area contributed by atoms with Crippen LogP contribution in [-0.2, 0) is 31.0 Å². The molecule has 0 aromatic heterocycles. The van der Waals surface area contributed by atoms with E-state index in [9.17, 15) is 18.8 Å². The largest absolute Gasteiger partial charge is 0.488 e. The number of fused-ring (bicyclic) bond motifs is 1. The summed E-state index contributed by atoms with van der Waals surface area (Å²) in [4.78, 5) is 42.0. The van der Waals surface area contributed by atoms with E-state index in [1.54, 1.807) is 13.1 Å². The van der Waals surface area contributed by atoms with Crippen LogP contribution >= 0.6 is 0 Å². The van der Waals surface area contributed by atoms with Crippen molar-refractivity contribution < 1.29 is 28.2 Å². The van der Waals surface area contributed by atoms with Crippen molar-refractivity contribution >= 4 is 17.7 Å². The first-order valence-electron chi connectivity index (χ1n) is 10.9. The zero-order valence-corrected chi connectivity index (χ0v) is 18.8. The number of hydrogen-bond donors (Lipinski definition) is 0. The number of benzene rings is 2. The maximum Gasteiger partial charge on any atom is 0.241 e. The Morgan fingerprint density at radius 3 is 2.67 bits per heavy atom. The van der Waals surface area contributed by atoms with Gasteiger partial charge in [0.15, 0.2) is 0 Å². The first-order chi connectivity index (χ1) is 15.9. The maximum atomic E-state index is 14.8. The summed E-state index contributed by atoms with van der Waals surface area (Å²) in [5.41, 5.74) is -0.438. The van der Waals surface area contributed by atoms with Crippen LogP contribution in [0.5, 0.6) is 5.75 Å². The highest BCUT2D eigenvalue weighted by molar-refractivity contribution is 6.10. The second-order valence-corrected chi connectivity index (χ2v) is 8.58. The van der Waals surface area contributed by atoms with Gasteiger partial charge < -0.3 is 14.4 Å². The fourth-order valence-corrected chi connectivity index (χ4v) is 4.66. The molecule has 4 rings (SSSR count). The number of amides is 3.